The molecule has 0 spiro atoms. The molecule has 0 bridgehead atoms. The molecular weight excluding hydrogens is 216 g/mol. The van der Waals surface area contributed by atoms with Crippen LogP contribution in [-0.2, 0) is 0 Å². The highest BCUT2D eigenvalue weighted by molar-refractivity contribution is 6.85. The van der Waals surface area contributed by atoms with Crippen LogP contribution in [0.4, 0.5) is 0 Å². The van der Waals surface area contributed by atoms with Crippen molar-refractivity contribution >= 4 is 30.0 Å². The quantitative estimate of drug-likeness (QED) is 0.523. The highest BCUT2D eigenvalue weighted by Crippen LogP contribution is 2.39. The lowest BCUT2D eigenvalue weighted by atomic mass is 10.6. The molecule has 1 aliphatic rings. The Morgan fingerprint density at radius 2 is 1.31 bits per heavy atom. The normalized spacial score (nSPS) is 33.9. The maximum absolute atomic E-state index is 6.40. The van der Waals surface area contributed by atoms with Crippen molar-refractivity contribution in [2.24, 2.45) is 0 Å². The second-order valence-corrected chi connectivity index (χ2v) is 15.6. The summed E-state index contributed by atoms with van der Waals surface area (Å²) in [6.07, 6.45) is 0. The standard InChI is InChI=1S/C8H22ClN2Si2/c1-7(2)12-10(9)13(8(3)4)11(12,5)6/h7-8,12-13H,1-6H3/q+1. The molecule has 0 saturated carbocycles. The molecule has 2 nitrogen and oxygen atoms in total. The maximum atomic E-state index is 6.40. The molecule has 13 heavy (non-hydrogen) atoms. The number of hydrogen-bond donors (Lipinski definition) is 0. The zero-order valence-electron chi connectivity index (χ0n) is 9.58. The summed E-state index contributed by atoms with van der Waals surface area (Å²) in [6.45, 7) is 9.27. The summed E-state index contributed by atoms with van der Waals surface area (Å²) in [5.74, 6) is 0. The zero-order chi connectivity index (χ0) is 10.4. The van der Waals surface area contributed by atoms with Gasteiger partial charge in [-0.2, -0.15) is 3.75 Å². The average Bonchev–Trinajstić information content (AvgIpc) is 1.81. The van der Waals surface area contributed by atoms with Crippen molar-refractivity contribution in [1.82, 2.24) is 3.75 Å². The van der Waals surface area contributed by atoms with Gasteiger partial charge in [0.1, 0.15) is 0 Å². The summed E-state index contributed by atoms with van der Waals surface area (Å²) in [5, 5.41) is 0. The first-order valence-electron chi connectivity index (χ1n) is 5.07. The van der Waals surface area contributed by atoms with Gasteiger partial charge in [0, 0.05) is 25.2 Å². The second kappa shape index (κ2) is 3.66. The number of halogens is 1. The van der Waals surface area contributed by atoms with E-state index in [1.54, 1.807) is 0 Å². The molecule has 0 aromatic rings. The Labute approximate surface area is 90.7 Å². The van der Waals surface area contributed by atoms with Gasteiger partial charge in [-0.1, -0.05) is 27.7 Å². The Kier molecular flexibility index (Phi) is 3.30. The first-order valence-corrected chi connectivity index (χ1v) is 8.81. The minimum Gasteiger partial charge on any atom is -0.428 e. The number of nitrogens with zero attached hydrogens (tertiary/aromatic N) is 2. The van der Waals surface area contributed by atoms with Crippen LogP contribution in [0.15, 0.2) is 0 Å². The van der Waals surface area contributed by atoms with Gasteiger partial charge in [0.25, 0.3) is 0 Å². The zero-order valence-corrected chi connectivity index (χ0v) is 12.6. The Balaban J connectivity index is 2.76. The van der Waals surface area contributed by atoms with Crippen molar-refractivity contribution in [3.8, 4) is 0 Å². The highest BCUT2D eigenvalue weighted by Gasteiger charge is 2.62. The predicted molar refractivity (Wildman–Crippen MR) is 64.3 cm³/mol. The molecule has 0 aromatic carbocycles. The van der Waals surface area contributed by atoms with Crippen molar-refractivity contribution in [1.29, 1.82) is 0 Å². The second-order valence-electron chi connectivity index (χ2n) is 5.29. The number of quaternary nitrogens is 1. The summed E-state index contributed by atoms with van der Waals surface area (Å²) in [6, 6.07) is 0. The largest absolute Gasteiger partial charge is 0.428 e. The van der Waals surface area contributed by atoms with Crippen LogP contribution in [-0.4, -0.2) is 39.9 Å². The van der Waals surface area contributed by atoms with Crippen molar-refractivity contribution in [3.63, 3.8) is 0 Å². The van der Waals surface area contributed by atoms with E-state index in [1.807, 2.05) is 0 Å². The van der Waals surface area contributed by atoms with Crippen molar-refractivity contribution in [2.45, 2.75) is 38.8 Å². The van der Waals surface area contributed by atoms with Gasteiger partial charge in [0.2, 0.25) is 0 Å². The third-order valence-electron chi connectivity index (χ3n) is 3.06. The van der Waals surface area contributed by atoms with Gasteiger partial charge in [-0.15, -0.1) is 0 Å². The molecule has 0 N–H and O–H groups in total. The van der Waals surface area contributed by atoms with Crippen molar-refractivity contribution < 1.29 is 3.81 Å². The first-order chi connectivity index (χ1) is 5.80. The molecule has 1 aliphatic heterocycles. The molecule has 5 heteroatoms. The molecule has 0 radical (unpaired) electrons. The Morgan fingerprint density at radius 1 is 1.00 bits per heavy atom. The molecule has 2 unspecified atom stereocenters. The number of rotatable bonds is 2. The van der Waals surface area contributed by atoms with Gasteiger partial charge >= 0.3 is 18.2 Å². The van der Waals surface area contributed by atoms with E-state index in [9.17, 15) is 0 Å². The van der Waals surface area contributed by atoms with Crippen molar-refractivity contribution in [3.05, 3.63) is 0 Å². The molecule has 1 heterocycles. The van der Waals surface area contributed by atoms with E-state index in [4.69, 9.17) is 11.8 Å². The Hall–Kier alpha value is 0.644. The van der Waals surface area contributed by atoms with Crippen LogP contribution >= 0.6 is 11.8 Å². The molecule has 78 valence electrons. The van der Waals surface area contributed by atoms with E-state index in [2.05, 4.69) is 45.5 Å². The van der Waals surface area contributed by atoms with Crippen LogP contribution in [0.5, 0.6) is 0 Å². The van der Waals surface area contributed by atoms with Gasteiger partial charge in [-0.3, -0.25) is 0 Å². The van der Waals surface area contributed by atoms with E-state index in [0.717, 1.165) is 11.1 Å². The van der Waals surface area contributed by atoms with Gasteiger partial charge in [-0.25, -0.2) is 0 Å². The van der Waals surface area contributed by atoms with E-state index >= 15 is 0 Å². The fraction of sp³-hybridized carbons (Fsp3) is 1.00. The minimum absolute atomic E-state index is 0.787. The van der Waals surface area contributed by atoms with Gasteiger partial charge < -0.3 is 3.81 Å². The van der Waals surface area contributed by atoms with Crippen LogP contribution in [0.2, 0.25) is 11.1 Å². The maximum Gasteiger partial charge on any atom is 0.351 e. The molecule has 1 rings (SSSR count). The van der Waals surface area contributed by atoms with Gasteiger partial charge in [0.15, 0.2) is 0 Å². The lowest BCUT2D eigenvalue weighted by Gasteiger charge is -2.60. The van der Waals surface area contributed by atoms with Crippen LogP contribution in [0.1, 0.15) is 27.7 Å². The van der Waals surface area contributed by atoms with E-state index in [-0.39, 0.29) is 0 Å². The van der Waals surface area contributed by atoms with E-state index < -0.39 is 18.2 Å². The van der Waals surface area contributed by atoms with Gasteiger partial charge in [0.05, 0.1) is 0 Å². The number of hydrogen-bond acceptors (Lipinski definition) is 1. The van der Waals surface area contributed by atoms with E-state index in [0.29, 0.717) is 0 Å². The van der Waals surface area contributed by atoms with Crippen LogP contribution in [0.25, 0.3) is 0 Å². The Bertz CT molecular complexity index is 179. The summed E-state index contributed by atoms with van der Waals surface area (Å²) >= 11 is 6.40. The molecule has 1 saturated heterocycles. The molecule has 0 aromatic heterocycles. The summed E-state index contributed by atoms with van der Waals surface area (Å²) in [7, 11) is 3.00. The molecule has 2 atom stereocenters. The molecular formula is C8H22ClN2Si2+. The average molecular weight is 238 g/mol. The SMILES string of the molecule is CC(C)[SiH]1N(Cl)[SiH](C(C)C)[N+]1(C)C. The van der Waals surface area contributed by atoms with Crippen molar-refractivity contribution in [2.75, 3.05) is 14.1 Å². The summed E-state index contributed by atoms with van der Waals surface area (Å²) in [4.78, 5) is 0. The lowest BCUT2D eigenvalue weighted by Crippen LogP contribution is -2.84. The lowest BCUT2D eigenvalue weighted by molar-refractivity contribution is -0.699. The topological polar surface area (TPSA) is 3.24 Å². The Morgan fingerprint density at radius 3 is 1.46 bits per heavy atom. The third-order valence-corrected chi connectivity index (χ3v) is 14.1. The third kappa shape index (κ3) is 1.75. The fourth-order valence-corrected chi connectivity index (χ4v) is 20.0. The monoisotopic (exact) mass is 237 g/mol. The fourth-order valence-electron chi connectivity index (χ4n) is 2.92. The predicted octanol–water partition coefficient (Wildman–Crippen LogP) is 1.79. The summed E-state index contributed by atoms with van der Waals surface area (Å²) in [5.41, 5.74) is 1.57. The van der Waals surface area contributed by atoms with Crippen LogP contribution < -0.4 is 0 Å². The highest BCUT2D eigenvalue weighted by atomic mass is 35.5. The van der Waals surface area contributed by atoms with Crippen LogP contribution in [0.3, 0.4) is 0 Å². The summed E-state index contributed by atoms with van der Waals surface area (Å²) < 4.78 is 3.59. The first kappa shape index (κ1) is 11.7. The molecule has 1 fully saturated rings. The molecule has 0 aliphatic carbocycles. The molecule has 0 amide bonds. The van der Waals surface area contributed by atoms with Crippen LogP contribution in [0, 0.1) is 0 Å². The van der Waals surface area contributed by atoms with Gasteiger partial charge in [-0.05, 0) is 11.8 Å². The van der Waals surface area contributed by atoms with E-state index in [1.165, 1.54) is 3.81 Å². The smallest absolute Gasteiger partial charge is 0.351 e. The minimum atomic E-state index is -0.893.